The van der Waals surface area contributed by atoms with Crippen LogP contribution in [0.2, 0.25) is 0 Å². The molecule has 1 unspecified atom stereocenters. The molecule has 4 rings (SSSR count). The maximum absolute atomic E-state index is 13.8. The average molecular weight is 378 g/mol. The second-order valence-electron chi connectivity index (χ2n) is 7.30. The lowest BCUT2D eigenvalue weighted by Crippen LogP contribution is -2.40. The van der Waals surface area contributed by atoms with Gasteiger partial charge in [0.25, 0.3) is 5.91 Å². The van der Waals surface area contributed by atoms with Crippen molar-refractivity contribution < 1.29 is 9.18 Å². The second kappa shape index (κ2) is 8.33. The van der Waals surface area contributed by atoms with Gasteiger partial charge in [0.05, 0.1) is 0 Å². The molecule has 2 aromatic carbocycles. The van der Waals surface area contributed by atoms with Gasteiger partial charge in [-0.3, -0.25) is 9.89 Å². The molecule has 1 amide bonds. The number of H-pyrrole nitrogens is 1. The predicted octanol–water partition coefficient (Wildman–Crippen LogP) is 4.10. The molecule has 0 spiro atoms. The normalized spacial score (nSPS) is 16.9. The molecule has 0 bridgehead atoms. The van der Waals surface area contributed by atoms with Crippen molar-refractivity contribution in [3.05, 3.63) is 71.8 Å². The lowest BCUT2D eigenvalue weighted by molar-refractivity contribution is 0.0668. The van der Waals surface area contributed by atoms with Gasteiger partial charge in [0, 0.05) is 24.2 Å². The quantitative estimate of drug-likeness (QED) is 0.727. The van der Waals surface area contributed by atoms with Gasteiger partial charge in [-0.15, -0.1) is 0 Å². The Labute approximate surface area is 163 Å². The molecule has 1 fully saturated rings. The van der Waals surface area contributed by atoms with Gasteiger partial charge < -0.3 is 4.90 Å². The number of carbonyl (C=O) groups is 1. The molecular weight excluding hydrogens is 355 g/mol. The summed E-state index contributed by atoms with van der Waals surface area (Å²) in [6, 6.07) is 14.4. The maximum atomic E-state index is 13.8. The van der Waals surface area contributed by atoms with Crippen LogP contribution in [0.5, 0.6) is 0 Å². The summed E-state index contributed by atoms with van der Waals surface area (Å²) in [6.45, 7) is 1.51. The smallest absolute Gasteiger partial charge is 0.253 e. The van der Waals surface area contributed by atoms with E-state index in [4.69, 9.17) is 0 Å². The first kappa shape index (κ1) is 18.3. The largest absolute Gasteiger partial charge is 0.338 e. The third-order valence-electron chi connectivity index (χ3n) is 5.41. The zero-order valence-corrected chi connectivity index (χ0v) is 15.6. The number of halogens is 1. The molecule has 1 aliphatic heterocycles. The summed E-state index contributed by atoms with van der Waals surface area (Å²) in [7, 11) is 0. The zero-order chi connectivity index (χ0) is 19.3. The molecule has 2 heterocycles. The van der Waals surface area contributed by atoms with E-state index in [0.29, 0.717) is 23.7 Å². The van der Waals surface area contributed by atoms with Crippen LogP contribution in [0.25, 0.3) is 11.4 Å². The van der Waals surface area contributed by atoms with Crippen LogP contribution in [0.3, 0.4) is 0 Å². The summed E-state index contributed by atoms with van der Waals surface area (Å²) in [6.07, 6.45) is 5.15. The summed E-state index contributed by atoms with van der Waals surface area (Å²) in [5, 5.41) is 6.67. The molecule has 1 N–H and O–H groups in total. The van der Waals surface area contributed by atoms with Crippen LogP contribution in [0.15, 0.2) is 54.9 Å². The fourth-order valence-corrected chi connectivity index (χ4v) is 3.84. The van der Waals surface area contributed by atoms with E-state index in [1.54, 1.807) is 6.07 Å². The van der Waals surface area contributed by atoms with Gasteiger partial charge in [-0.1, -0.05) is 30.3 Å². The van der Waals surface area contributed by atoms with Crippen LogP contribution in [0, 0.1) is 11.7 Å². The lowest BCUT2D eigenvalue weighted by Gasteiger charge is -2.33. The SMILES string of the molecule is O=C(c1ccc(-c2ncn[nH]2)cc1)N1CCCC(CCc2ccccc2F)C1. The molecular formula is C22H23FN4O. The summed E-state index contributed by atoms with van der Waals surface area (Å²) in [5.74, 6) is 1.01. The average Bonchev–Trinajstić information content (AvgIpc) is 3.28. The predicted molar refractivity (Wildman–Crippen MR) is 105 cm³/mol. The third-order valence-corrected chi connectivity index (χ3v) is 5.41. The Balaban J connectivity index is 1.37. The molecule has 6 heteroatoms. The molecule has 0 aliphatic carbocycles. The summed E-state index contributed by atoms with van der Waals surface area (Å²) in [5.41, 5.74) is 2.34. The first-order chi connectivity index (χ1) is 13.7. The van der Waals surface area contributed by atoms with Gasteiger partial charge in [-0.2, -0.15) is 5.10 Å². The number of hydrogen-bond donors (Lipinski definition) is 1. The van der Waals surface area contributed by atoms with E-state index in [9.17, 15) is 9.18 Å². The summed E-state index contributed by atoms with van der Waals surface area (Å²) < 4.78 is 13.8. The van der Waals surface area contributed by atoms with Crippen LogP contribution < -0.4 is 0 Å². The van der Waals surface area contributed by atoms with Crippen LogP contribution in [-0.4, -0.2) is 39.1 Å². The van der Waals surface area contributed by atoms with Gasteiger partial charge in [0.2, 0.25) is 0 Å². The Kier molecular flexibility index (Phi) is 5.46. The Hall–Kier alpha value is -3.02. The van der Waals surface area contributed by atoms with Crippen molar-refractivity contribution in [3.63, 3.8) is 0 Å². The van der Waals surface area contributed by atoms with Crippen molar-refractivity contribution in [3.8, 4) is 11.4 Å². The number of amides is 1. The van der Waals surface area contributed by atoms with Crippen LogP contribution in [0.4, 0.5) is 4.39 Å². The van der Waals surface area contributed by atoms with Gasteiger partial charge in [0.15, 0.2) is 5.82 Å². The minimum Gasteiger partial charge on any atom is -0.338 e. The molecule has 0 radical (unpaired) electrons. The van der Waals surface area contributed by atoms with Crippen molar-refractivity contribution in [2.75, 3.05) is 13.1 Å². The van der Waals surface area contributed by atoms with E-state index in [1.165, 1.54) is 12.4 Å². The maximum Gasteiger partial charge on any atom is 0.253 e. The summed E-state index contributed by atoms with van der Waals surface area (Å²) >= 11 is 0. The Morgan fingerprint density at radius 1 is 1.18 bits per heavy atom. The number of likely N-dealkylation sites (tertiary alicyclic amines) is 1. The highest BCUT2D eigenvalue weighted by atomic mass is 19.1. The van der Waals surface area contributed by atoms with Gasteiger partial charge in [-0.05, 0) is 55.4 Å². The zero-order valence-electron chi connectivity index (χ0n) is 15.6. The number of aromatic amines is 1. The van der Waals surface area contributed by atoms with E-state index in [0.717, 1.165) is 43.5 Å². The summed E-state index contributed by atoms with van der Waals surface area (Å²) in [4.78, 5) is 19.0. The number of benzene rings is 2. The Morgan fingerprint density at radius 3 is 2.75 bits per heavy atom. The first-order valence-electron chi connectivity index (χ1n) is 9.69. The Bertz CT molecular complexity index is 924. The van der Waals surface area contributed by atoms with Gasteiger partial charge >= 0.3 is 0 Å². The lowest BCUT2D eigenvalue weighted by atomic mass is 9.91. The molecule has 28 heavy (non-hydrogen) atoms. The molecule has 1 aliphatic rings. The van der Waals surface area contributed by atoms with Crippen molar-refractivity contribution in [2.24, 2.45) is 5.92 Å². The molecule has 1 atom stereocenters. The molecule has 0 saturated carbocycles. The van der Waals surface area contributed by atoms with Crippen molar-refractivity contribution in [1.29, 1.82) is 0 Å². The first-order valence-corrected chi connectivity index (χ1v) is 9.69. The highest BCUT2D eigenvalue weighted by Crippen LogP contribution is 2.24. The number of hydrogen-bond acceptors (Lipinski definition) is 3. The topological polar surface area (TPSA) is 61.9 Å². The minimum atomic E-state index is -0.141. The fraction of sp³-hybridized carbons (Fsp3) is 0.318. The van der Waals surface area contributed by atoms with E-state index >= 15 is 0 Å². The molecule has 1 saturated heterocycles. The molecule has 3 aromatic rings. The monoisotopic (exact) mass is 378 g/mol. The van der Waals surface area contributed by atoms with Gasteiger partial charge in [0.1, 0.15) is 12.1 Å². The highest BCUT2D eigenvalue weighted by molar-refractivity contribution is 5.94. The third kappa shape index (κ3) is 4.11. The molecule has 144 valence electrons. The van der Waals surface area contributed by atoms with Crippen molar-refractivity contribution >= 4 is 5.91 Å². The van der Waals surface area contributed by atoms with Crippen LogP contribution in [-0.2, 0) is 6.42 Å². The number of aromatic nitrogens is 3. The number of nitrogens with zero attached hydrogens (tertiary/aromatic N) is 3. The number of rotatable bonds is 5. The minimum absolute atomic E-state index is 0.0553. The van der Waals surface area contributed by atoms with E-state index in [-0.39, 0.29) is 11.7 Å². The molecule has 5 nitrogen and oxygen atoms in total. The van der Waals surface area contributed by atoms with Crippen LogP contribution in [0.1, 0.15) is 35.2 Å². The van der Waals surface area contributed by atoms with Crippen LogP contribution >= 0.6 is 0 Å². The Morgan fingerprint density at radius 2 is 2.00 bits per heavy atom. The van der Waals surface area contributed by atoms with Crippen molar-refractivity contribution in [2.45, 2.75) is 25.7 Å². The van der Waals surface area contributed by atoms with Crippen molar-refractivity contribution in [1.82, 2.24) is 20.1 Å². The molecule has 1 aromatic heterocycles. The van der Waals surface area contributed by atoms with Gasteiger partial charge in [-0.25, -0.2) is 9.37 Å². The number of nitrogens with one attached hydrogen (secondary N) is 1. The van der Waals surface area contributed by atoms with E-state index in [1.807, 2.05) is 41.3 Å². The number of piperidine rings is 1. The highest BCUT2D eigenvalue weighted by Gasteiger charge is 2.24. The second-order valence-corrected chi connectivity index (χ2v) is 7.30. The fourth-order valence-electron chi connectivity index (χ4n) is 3.84. The number of aryl methyl sites for hydroxylation is 1. The standard InChI is InChI=1S/C22H23FN4O/c23-20-6-2-1-5-17(20)8-7-16-4-3-13-27(14-16)22(28)19-11-9-18(10-12-19)21-24-15-25-26-21/h1-2,5-6,9-12,15-16H,3-4,7-8,13-14H2,(H,24,25,26). The van der Waals surface area contributed by atoms with E-state index in [2.05, 4.69) is 15.2 Å². The van der Waals surface area contributed by atoms with E-state index < -0.39 is 0 Å². The number of carbonyl (C=O) groups excluding carboxylic acids is 1.